The lowest BCUT2D eigenvalue weighted by molar-refractivity contribution is -0.120. The van der Waals surface area contributed by atoms with Crippen LogP contribution in [-0.2, 0) is 22.4 Å². The van der Waals surface area contributed by atoms with Gasteiger partial charge in [-0.1, -0.05) is 24.3 Å². The number of para-hydroxylation sites is 1. The van der Waals surface area contributed by atoms with Gasteiger partial charge in [0.2, 0.25) is 5.91 Å². The van der Waals surface area contributed by atoms with Gasteiger partial charge in [-0.05, 0) is 58.4 Å². The maximum absolute atomic E-state index is 12.2. The molecule has 2 N–H and O–H groups in total. The van der Waals surface area contributed by atoms with Crippen LogP contribution in [0.15, 0.2) is 42.5 Å². The van der Waals surface area contributed by atoms with Crippen molar-refractivity contribution in [3.05, 3.63) is 53.6 Å². The van der Waals surface area contributed by atoms with E-state index in [0.717, 1.165) is 23.3 Å². The average Bonchev–Trinajstić information content (AvgIpc) is 3.00. The summed E-state index contributed by atoms with van der Waals surface area (Å²) in [5.41, 5.74) is 1.80. The summed E-state index contributed by atoms with van der Waals surface area (Å²) in [6.45, 7) is 10.3. The topological polar surface area (TPSA) is 85.9 Å². The van der Waals surface area contributed by atoms with Crippen molar-refractivity contribution in [1.82, 2.24) is 5.32 Å². The van der Waals surface area contributed by atoms with Crippen LogP contribution in [0.2, 0.25) is 0 Å². The number of carbonyl (C=O) groups is 2. The van der Waals surface area contributed by atoms with Crippen LogP contribution in [0, 0.1) is 0 Å². The van der Waals surface area contributed by atoms with Gasteiger partial charge in [0.15, 0.2) is 11.5 Å². The maximum Gasteiger partial charge on any atom is 0.412 e. The Morgan fingerprint density at radius 2 is 1.81 bits per heavy atom. The van der Waals surface area contributed by atoms with Gasteiger partial charge in [0.25, 0.3) is 0 Å². The lowest BCUT2D eigenvalue weighted by atomic mass is 10.0. The largest absolute Gasteiger partial charge is 0.488 e. The Kier molecular flexibility index (Phi) is 6.96. The fourth-order valence-electron chi connectivity index (χ4n) is 3.43. The molecule has 0 aromatic heterocycles. The molecule has 0 fully saturated rings. The Balaban J connectivity index is 1.41. The first-order valence-corrected chi connectivity index (χ1v) is 10.8. The van der Waals surface area contributed by atoms with E-state index in [2.05, 4.69) is 24.5 Å². The van der Waals surface area contributed by atoms with Crippen LogP contribution in [0.3, 0.4) is 0 Å². The number of carbonyl (C=O) groups excluding carboxylic acids is 2. The third kappa shape index (κ3) is 6.90. The highest BCUT2D eigenvalue weighted by atomic mass is 16.6. The minimum Gasteiger partial charge on any atom is -0.488 e. The number of anilines is 1. The van der Waals surface area contributed by atoms with E-state index >= 15 is 0 Å². The highest BCUT2D eigenvalue weighted by Crippen LogP contribution is 2.41. The number of hydrogen-bond acceptors (Lipinski definition) is 5. The van der Waals surface area contributed by atoms with E-state index < -0.39 is 11.7 Å². The number of rotatable bonds is 7. The van der Waals surface area contributed by atoms with Crippen molar-refractivity contribution in [2.24, 2.45) is 0 Å². The molecule has 32 heavy (non-hydrogen) atoms. The van der Waals surface area contributed by atoms with E-state index in [9.17, 15) is 9.59 Å². The van der Waals surface area contributed by atoms with Crippen molar-refractivity contribution in [2.45, 2.75) is 58.7 Å². The third-order valence-electron chi connectivity index (χ3n) is 4.70. The molecule has 7 nitrogen and oxygen atoms in total. The Bertz CT molecular complexity index is 961. The fraction of sp³-hybridized carbons (Fsp3) is 0.440. The lowest BCUT2D eigenvalue weighted by Gasteiger charge is -2.19. The quantitative estimate of drug-likeness (QED) is 0.620. The molecule has 2 amide bonds. The highest BCUT2D eigenvalue weighted by Gasteiger charge is 2.32. The molecule has 0 aliphatic carbocycles. The van der Waals surface area contributed by atoms with Crippen molar-refractivity contribution in [1.29, 1.82) is 0 Å². The zero-order valence-electron chi connectivity index (χ0n) is 19.4. The molecule has 1 aliphatic rings. The van der Waals surface area contributed by atoms with E-state index in [0.29, 0.717) is 24.6 Å². The van der Waals surface area contributed by atoms with E-state index in [4.69, 9.17) is 14.2 Å². The fourth-order valence-corrected chi connectivity index (χ4v) is 3.43. The predicted octanol–water partition coefficient (Wildman–Crippen LogP) is 4.48. The van der Waals surface area contributed by atoms with Crippen molar-refractivity contribution in [3.8, 4) is 11.5 Å². The summed E-state index contributed by atoms with van der Waals surface area (Å²) in [7, 11) is 0. The zero-order chi connectivity index (χ0) is 23.4. The predicted molar refractivity (Wildman–Crippen MR) is 123 cm³/mol. The summed E-state index contributed by atoms with van der Waals surface area (Å²) in [5, 5.41) is 5.53. The summed E-state index contributed by atoms with van der Waals surface area (Å²) in [4.78, 5) is 24.1. The number of hydrogen-bond donors (Lipinski definition) is 2. The van der Waals surface area contributed by atoms with Crippen molar-refractivity contribution in [2.75, 3.05) is 18.5 Å². The van der Waals surface area contributed by atoms with Crippen molar-refractivity contribution in [3.63, 3.8) is 0 Å². The second kappa shape index (κ2) is 9.51. The molecule has 2 aromatic rings. The van der Waals surface area contributed by atoms with Gasteiger partial charge in [-0.15, -0.1) is 0 Å². The molecule has 3 rings (SSSR count). The molecule has 0 unspecified atom stereocenters. The third-order valence-corrected chi connectivity index (χ3v) is 4.70. The second-order valence-corrected chi connectivity index (χ2v) is 9.48. The molecule has 0 radical (unpaired) electrons. The number of fused-ring (bicyclic) bond motifs is 1. The van der Waals surface area contributed by atoms with Crippen LogP contribution in [0.5, 0.6) is 11.5 Å². The van der Waals surface area contributed by atoms with Crippen LogP contribution in [0.1, 0.15) is 45.7 Å². The molecule has 0 atom stereocenters. The molecule has 0 spiro atoms. The minimum atomic E-state index is -0.560. The second-order valence-electron chi connectivity index (χ2n) is 9.48. The van der Waals surface area contributed by atoms with Gasteiger partial charge in [-0.3, -0.25) is 10.1 Å². The Hall–Kier alpha value is -3.22. The van der Waals surface area contributed by atoms with E-state index in [1.54, 1.807) is 45.0 Å². The Labute approximate surface area is 189 Å². The molecule has 0 bridgehead atoms. The summed E-state index contributed by atoms with van der Waals surface area (Å²) in [5.74, 6) is 1.40. The molecule has 1 heterocycles. The number of ether oxygens (including phenoxy) is 3. The molecular weight excluding hydrogens is 408 g/mol. The van der Waals surface area contributed by atoms with Crippen molar-refractivity contribution >= 4 is 17.7 Å². The number of amides is 2. The Morgan fingerprint density at radius 3 is 2.50 bits per heavy atom. The van der Waals surface area contributed by atoms with Crippen molar-refractivity contribution < 1.29 is 23.8 Å². The lowest BCUT2D eigenvalue weighted by Crippen LogP contribution is -2.29. The molecule has 172 valence electrons. The van der Waals surface area contributed by atoms with Crippen LogP contribution < -0.4 is 20.1 Å². The molecule has 0 saturated heterocycles. The molecule has 1 aliphatic heterocycles. The van der Waals surface area contributed by atoms with Crippen LogP contribution in [-0.4, -0.2) is 36.4 Å². The van der Waals surface area contributed by atoms with E-state index in [-0.39, 0.29) is 17.9 Å². The van der Waals surface area contributed by atoms with Gasteiger partial charge < -0.3 is 19.5 Å². The van der Waals surface area contributed by atoms with Gasteiger partial charge in [0, 0.05) is 17.7 Å². The van der Waals surface area contributed by atoms with Gasteiger partial charge in [0.05, 0.1) is 13.0 Å². The van der Waals surface area contributed by atoms with Crippen LogP contribution in [0.4, 0.5) is 10.5 Å². The maximum atomic E-state index is 12.2. The Morgan fingerprint density at radius 1 is 1.09 bits per heavy atom. The minimum absolute atomic E-state index is 0.0999. The summed E-state index contributed by atoms with van der Waals surface area (Å²) >= 11 is 0. The summed E-state index contributed by atoms with van der Waals surface area (Å²) in [6, 6.07) is 13.0. The first-order valence-electron chi connectivity index (χ1n) is 10.8. The SMILES string of the molecule is CC(C)(C)OC(=O)Nc1ccc(CC(=O)NCCOc2cccc3c2OC(C)(C)C3)cc1. The van der Waals surface area contributed by atoms with Gasteiger partial charge >= 0.3 is 6.09 Å². The number of benzene rings is 2. The number of nitrogens with one attached hydrogen (secondary N) is 2. The van der Waals surface area contributed by atoms with E-state index in [1.807, 2.05) is 18.2 Å². The molecule has 2 aromatic carbocycles. The summed E-state index contributed by atoms with van der Waals surface area (Å²) < 4.78 is 17.1. The smallest absolute Gasteiger partial charge is 0.412 e. The monoisotopic (exact) mass is 440 g/mol. The average molecular weight is 441 g/mol. The van der Waals surface area contributed by atoms with Gasteiger partial charge in [0.1, 0.15) is 17.8 Å². The molecule has 0 saturated carbocycles. The zero-order valence-corrected chi connectivity index (χ0v) is 19.4. The van der Waals surface area contributed by atoms with Crippen LogP contribution in [0.25, 0.3) is 0 Å². The standard InChI is InChI=1S/C25H32N2O5/c1-24(2,3)32-23(29)27-19-11-9-17(10-12-19)15-21(28)26-13-14-30-20-8-6-7-18-16-25(4,5)31-22(18)20/h6-12H,13-16H2,1-5H3,(H,26,28)(H,27,29). The molecule has 7 heteroatoms. The highest BCUT2D eigenvalue weighted by molar-refractivity contribution is 5.85. The summed E-state index contributed by atoms with van der Waals surface area (Å²) in [6.07, 6.45) is 0.577. The first-order chi connectivity index (χ1) is 15.0. The normalized spacial score (nSPS) is 14.2. The first kappa shape index (κ1) is 23.4. The molecular formula is C25H32N2O5. The van der Waals surface area contributed by atoms with Gasteiger partial charge in [-0.2, -0.15) is 0 Å². The van der Waals surface area contributed by atoms with Crippen LogP contribution >= 0.6 is 0 Å². The van der Waals surface area contributed by atoms with E-state index in [1.165, 1.54) is 0 Å². The van der Waals surface area contributed by atoms with Gasteiger partial charge in [-0.25, -0.2) is 4.79 Å².